The van der Waals surface area contributed by atoms with E-state index in [-0.39, 0.29) is 48.7 Å². The van der Waals surface area contributed by atoms with E-state index in [4.69, 9.17) is 10.5 Å². The molecule has 1 aliphatic carbocycles. The number of hydrogen-bond acceptors (Lipinski definition) is 15. The zero-order valence-electron chi connectivity index (χ0n) is 32.6. The molecule has 6 amide bonds. The van der Waals surface area contributed by atoms with Crippen molar-refractivity contribution in [1.29, 1.82) is 0 Å². The van der Waals surface area contributed by atoms with Gasteiger partial charge in [0.25, 0.3) is 11.8 Å². The van der Waals surface area contributed by atoms with Crippen molar-refractivity contribution in [2.45, 2.75) is 55.6 Å². The number of nitrogens with zero attached hydrogens (tertiary/aromatic N) is 8. The Kier molecular flexibility index (Phi) is 10.7. The van der Waals surface area contributed by atoms with Crippen LogP contribution in [0.5, 0.6) is 0 Å². The predicted octanol–water partition coefficient (Wildman–Crippen LogP) is -0.342. The number of carbonyl (C=O) groups excluding carboxylic acids is 6. The summed E-state index contributed by atoms with van der Waals surface area (Å²) in [7, 11) is 1.52. The number of nitrogens with two attached hydrogens (primary N) is 1. The maximum absolute atomic E-state index is 14.0. The molecule has 2 unspecified atom stereocenters. The number of hydrogen-bond donors (Lipinski definition) is 4. The summed E-state index contributed by atoms with van der Waals surface area (Å²) in [5, 5.41) is 15.6. The average Bonchev–Trinajstić information content (AvgIpc) is 3.50. The van der Waals surface area contributed by atoms with Gasteiger partial charge in [0, 0.05) is 88.7 Å². The number of aliphatic hydroxyl groups is 1. The number of amides is 6. The van der Waals surface area contributed by atoms with Gasteiger partial charge >= 0.3 is 0 Å². The van der Waals surface area contributed by atoms with E-state index < -0.39 is 46.7 Å². The molecule has 59 heavy (non-hydrogen) atoms. The number of piperazine rings is 1. The number of ether oxygens (including phenoxy) is 1. The van der Waals surface area contributed by atoms with Crippen molar-refractivity contribution >= 4 is 52.3 Å². The highest BCUT2D eigenvalue weighted by molar-refractivity contribution is 6.26. The lowest BCUT2D eigenvalue weighted by atomic mass is 9.84. The van der Waals surface area contributed by atoms with Gasteiger partial charge in [-0.3, -0.25) is 43.9 Å². The molecule has 4 aliphatic heterocycles. The summed E-state index contributed by atoms with van der Waals surface area (Å²) < 4.78 is 5.29. The monoisotopic (exact) mass is 807 g/mol. The first-order valence-corrected chi connectivity index (χ1v) is 19.6. The van der Waals surface area contributed by atoms with E-state index >= 15 is 0 Å². The normalized spacial score (nSPS) is 23.3. The van der Waals surface area contributed by atoms with Crippen molar-refractivity contribution in [3.8, 4) is 11.4 Å². The SMILES string of the molecule is COC1=CC=CC(N)(C(=O)NC2(CO)CCN(C(=O)CCN3CCN(c4cc5c(c(-c6ncc7nccnc7n6)c4)C(=O)N(C4CCC(=O)NC4=O)C5=O)CC3)CC2)C1. The van der Waals surface area contributed by atoms with Crippen LogP contribution in [0.15, 0.2) is 54.7 Å². The Morgan fingerprint density at radius 2 is 1.75 bits per heavy atom. The van der Waals surface area contributed by atoms with Crippen molar-refractivity contribution < 1.29 is 38.6 Å². The molecule has 2 atom stereocenters. The van der Waals surface area contributed by atoms with Crippen molar-refractivity contribution in [2.24, 2.45) is 5.73 Å². The van der Waals surface area contributed by atoms with Gasteiger partial charge in [0.15, 0.2) is 11.5 Å². The van der Waals surface area contributed by atoms with Crippen LogP contribution in [0, 0.1) is 0 Å². The molecule has 5 N–H and O–H groups in total. The van der Waals surface area contributed by atoms with Crippen LogP contribution in [-0.2, 0) is 23.9 Å². The van der Waals surface area contributed by atoms with Crippen molar-refractivity contribution in [1.82, 2.24) is 45.3 Å². The molecule has 3 saturated heterocycles. The van der Waals surface area contributed by atoms with Gasteiger partial charge in [-0.1, -0.05) is 12.2 Å². The van der Waals surface area contributed by atoms with Gasteiger partial charge in [-0.2, -0.15) is 0 Å². The maximum atomic E-state index is 14.0. The number of carbonyl (C=O) groups is 6. The molecule has 308 valence electrons. The Labute approximate surface area is 338 Å². The second-order valence-electron chi connectivity index (χ2n) is 15.6. The first-order chi connectivity index (χ1) is 28.4. The molecule has 19 heteroatoms. The van der Waals surface area contributed by atoms with Crippen LogP contribution < -0.4 is 21.3 Å². The zero-order valence-corrected chi connectivity index (χ0v) is 32.6. The average molecular weight is 808 g/mol. The molecule has 1 aromatic carbocycles. The second kappa shape index (κ2) is 15.9. The fourth-order valence-corrected chi connectivity index (χ4v) is 8.37. The highest BCUT2D eigenvalue weighted by atomic mass is 16.5. The standard InChI is InChI=1S/C40H45N11O8/c1-59-25-3-2-7-40(41,21-25)38(58)47-39(23-52)8-13-50(14-9-39)31(54)6-12-48-15-17-49(18-16-48)24-19-26(33-44-22-28-34(46-33)43-11-10-42-28)32-27(20-24)36(56)51(37(32)57)29-4-5-30(53)45-35(29)55/h2-3,7,10-11,19-20,22,29,52H,4-6,8-9,12-18,21,23,41H2,1H3,(H,47,58)(H,45,53,55). The largest absolute Gasteiger partial charge is 0.501 e. The molecule has 6 heterocycles. The number of piperidine rings is 2. The topological polar surface area (TPSA) is 246 Å². The number of nitrogens with one attached hydrogen (secondary N) is 2. The van der Waals surface area contributed by atoms with Gasteiger partial charge < -0.3 is 30.7 Å². The minimum Gasteiger partial charge on any atom is -0.501 e. The Morgan fingerprint density at radius 3 is 2.47 bits per heavy atom. The number of imide groups is 2. The fraction of sp³-hybridized carbons (Fsp3) is 0.450. The molecule has 19 nitrogen and oxygen atoms in total. The molecule has 0 bridgehead atoms. The molecule has 0 saturated carbocycles. The lowest BCUT2D eigenvalue weighted by Gasteiger charge is -2.43. The van der Waals surface area contributed by atoms with Crippen LogP contribution in [-0.4, -0.2) is 152 Å². The van der Waals surface area contributed by atoms with Crippen LogP contribution in [0.3, 0.4) is 0 Å². The first-order valence-electron chi connectivity index (χ1n) is 19.6. The predicted molar refractivity (Wildman–Crippen MR) is 210 cm³/mol. The third kappa shape index (κ3) is 7.63. The number of aliphatic hydroxyl groups excluding tert-OH is 1. The summed E-state index contributed by atoms with van der Waals surface area (Å²) in [5.74, 6) is -2.15. The Balaban J connectivity index is 0.913. The number of methoxy groups -OCH3 is 1. The fourth-order valence-electron chi connectivity index (χ4n) is 8.37. The van der Waals surface area contributed by atoms with E-state index in [1.165, 1.54) is 25.7 Å². The number of fused-ring (bicyclic) bond motifs is 2. The number of likely N-dealkylation sites (tertiary alicyclic amines) is 1. The molecule has 0 spiro atoms. The van der Waals surface area contributed by atoms with Gasteiger partial charge in [0.2, 0.25) is 23.6 Å². The Morgan fingerprint density at radius 1 is 1.00 bits per heavy atom. The molecule has 2 aromatic heterocycles. The summed E-state index contributed by atoms with van der Waals surface area (Å²) >= 11 is 0. The third-order valence-electron chi connectivity index (χ3n) is 12.0. The van der Waals surface area contributed by atoms with Gasteiger partial charge in [-0.25, -0.2) is 19.9 Å². The molecule has 3 fully saturated rings. The van der Waals surface area contributed by atoms with Gasteiger partial charge in [0.05, 0.1) is 42.3 Å². The number of aromatic nitrogens is 4. The van der Waals surface area contributed by atoms with Crippen LogP contribution in [0.25, 0.3) is 22.6 Å². The van der Waals surface area contributed by atoms with E-state index in [2.05, 4.69) is 40.4 Å². The van der Waals surface area contributed by atoms with E-state index in [1.807, 2.05) is 0 Å². The van der Waals surface area contributed by atoms with Gasteiger partial charge in [0.1, 0.15) is 17.1 Å². The summed E-state index contributed by atoms with van der Waals surface area (Å²) in [6.07, 6.45) is 10.8. The van der Waals surface area contributed by atoms with E-state index in [9.17, 15) is 33.9 Å². The van der Waals surface area contributed by atoms with E-state index in [1.54, 1.807) is 35.3 Å². The maximum Gasteiger partial charge on any atom is 0.263 e. The smallest absolute Gasteiger partial charge is 0.263 e. The van der Waals surface area contributed by atoms with E-state index in [0.29, 0.717) is 93.2 Å². The molecule has 8 rings (SSSR count). The van der Waals surface area contributed by atoms with Crippen LogP contribution in [0.4, 0.5) is 5.69 Å². The summed E-state index contributed by atoms with van der Waals surface area (Å²) in [6, 6.07) is 2.29. The van der Waals surface area contributed by atoms with Gasteiger partial charge in [-0.15, -0.1) is 0 Å². The van der Waals surface area contributed by atoms with Crippen LogP contribution >= 0.6 is 0 Å². The molecule has 3 aromatic rings. The number of benzene rings is 1. The summed E-state index contributed by atoms with van der Waals surface area (Å²) in [4.78, 5) is 104. The summed E-state index contributed by atoms with van der Waals surface area (Å²) in [5.41, 5.74) is 6.12. The second-order valence-corrected chi connectivity index (χ2v) is 15.6. The van der Waals surface area contributed by atoms with Crippen molar-refractivity contribution in [2.75, 3.05) is 64.4 Å². The lowest BCUT2D eigenvalue weighted by molar-refractivity contribution is -0.137. The quantitative estimate of drug-likeness (QED) is 0.192. The highest BCUT2D eigenvalue weighted by Crippen LogP contribution is 2.38. The number of allylic oxidation sites excluding steroid dienone is 2. The van der Waals surface area contributed by atoms with Crippen LogP contribution in [0.2, 0.25) is 0 Å². The number of anilines is 1. The minimum absolute atomic E-state index is 0.00476. The van der Waals surface area contributed by atoms with Crippen LogP contribution in [0.1, 0.15) is 59.2 Å². The first kappa shape index (κ1) is 39.6. The number of rotatable bonds is 10. The van der Waals surface area contributed by atoms with Crippen molar-refractivity contribution in [3.63, 3.8) is 0 Å². The van der Waals surface area contributed by atoms with Gasteiger partial charge in [-0.05, 0) is 37.5 Å². The molecular weight excluding hydrogens is 763 g/mol. The molecular formula is C40H45N11O8. The molecule has 5 aliphatic rings. The third-order valence-corrected chi connectivity index (χ3v) is 12.0. The minimum atomic E-state index is -1.31. The van der Waals surface area contributed by atoms with E-state index in [0.717, 1.165) is 4.90 Å². The zero-order chi connectivity index (χ0) is 41.5. The van der Waals surface area contributed by atoms with Crippen molar-refractivity contribution in [3.05, 3.63) is 65.8 Å². The Bertz CT molecular complexity index is 2300. The summed E-state index contributed by atoms with van der Waals surface area (Å²) in [6.45, 7) is 3.33. The Hall–Kier alpha value is -6.18. The highest BCUT2D eigenvalue weighted by Gasteiger charge is 2.47. The molecule has 0 radical (unpaired) electrons. The lowest BCUT2D eigenvalue weighted by Crippen LogP contribution is -2.64.